The molecule has 0 atom stereocenters. The Morgan fingerprint density at radius 1 is 1.50 bits per heavy atom. The summed E-state index contributed by atoms with van der Waals surface area (Å²) in [4.78, 5) is 15.4. The Bertz CT molecular complexity index is 703. The van der Waals surface area contributed by atoms with Crippen LogP contribution in [0.15, 0.2) is 29.8 Å². The molecule has 0 spiro atoms. The molecular formula is C10H14N6O3S. The van der Waals surface area contributed by atoms with Crippen molar-refractivity contribution < 1.29 is 13.2 Å². The van der Waals surface area contributed by atoms with Crippen LogP contribution in [0.3, 0.4) is 0 Å². The largest absolute Gasteiger partial charge is 0.337 e. The summed E-state index contributed by atoms with van der Waals surface area (Å²) in [7, 11) is -2.39. The molecule has 2 heterocycles. The Balaban J connectivity index is 2.04. The van der Waals surface area contributed by atoms with E-state index < -0.39 is 10.0 Å². The normalized spacial score (nSPS) is 11.5. The molecule has 2 rings (SSSR count). The minimum atomic E-state index is -3.93. The minimum Gasteiger partial charge on any atom is -0.337 e. The Kier molecular flexibility index (Phi) is 3.86. The second-order valence-corrected chi connectivity index (χ2v) is 5.69. The summed E-state index contributed by atoms with van der Waals surface area (Å²) in [5.41, 5.74) is 0. The Hall–Kier alpha value is -2.20. The van der Waals surface area contributed by atoms with E-state index in [1.54, 1.807) is 23.3 Å². The minimum absolute atomic E-state index is 0.0642. The van der Waals surface area contributed by atoms with Gasteiger partial charge in [0, 0.05) is 38.6 Å². The van der Waals surface area contributed by atoms with Gasteiger partial charge in [0.15, 0.2) is 5.82 Å². The molecule has 0 aliphatic carbocycles. The molecule has 108 valence electrons. The zero-order chi connectivity index (χ0) is 14.8. The topological polar surface area (TPSA) is 125 Å². The van der Waals surface area contributed by atoms with E-state index in [1.165, 1.54) is 17.9 Å². The van der Waals surface area contributed by atoms with Gasteiger partial charge >= 0.3 is 0 Å². The van der Waals surface area contributed by atoms with E-state index in [0.29, 0.717) is 6.54 Å². The highest BCUT2D eigenvalue weighted by atomic mass is 32.2. The predicted molar refractivity (Wildman–Crippen MR) is 70.1 cm³/mol. The summed E-state index contributed by atoms with van der Waals surface area (Å²) >= 11 is 0. The number of anilines is 1. The average molecular weight is 298 g/mol. The maximum absolute atomic E-state index is 11.8. The van der Waals surface area contributed by atoms with Gasteiger partial charge in [0.2, 0.25) is 15.9 Å². The van der Waals surface area contributed by atoms with E-state index in [2.05, 4.69) is 15.4 Å². The second kappa shape index (κ2) is 5.43. The van der Waals surface area contributed by atoms with Crippen molar-refractivity contribution in [2.75, 3.05) is 5.32 Å². The fraction of sp³-hybridized carbons (Fsp3) is 0.300. The number of nitrogens with zero attached hydrogens (tertiary/aromatic N) is 4. The summed E-state index contributed by atoms with van der Waals surface area (Å²) < 4.78 is 25.7. The zero-order valence-corrected chi connectivity index (χ0v) is 11.5. The number of hydrogen-bond acceptors (Lipinski definition) is 5. The summed E-state index contributed by atoms with van der Waals surface area (Å²) in [5.74, 6) is -0.423. The van der Waals surface area contributed by atoms with Gasteiger partial charge < -0.3 is 9.88 Å². The van der Waals surface area contributed by atoms with Crippen LogP contribution in [0.2, 0.25) is 0 Å². The van der Waals surface area contributed by atoms with Crippen molar-refractivity contribution in [2.24, 2.45) is 12.2 Å². The zero-order valence-electron chi connectivity index (χ0n) is 10.7. The molecule has 0 fully saturated rings. The highest BCUT2D eigenvalue weighted by Gasteiger charge is 2.19. The van der Waals surface area contributed by atoms with Crippen LogP contribution < -0.4 is 10.5 Å². The summed E-state index contributed by atoms with van der Waals surface area (Å²) in [6.45, 7) is 0.434. The number of aryl methyl sites for hydroxylation is 2. The third-order valence-electron chi connectivity index (χ3n) is 2.52. The number of rotatable bonds is 5. The van der Waals surface area contributed by atoms with Crippen molar-refractivity contribution in [3.8, 4) is 0 Å². The van der Waals surface area contributed by atoms with Crippen LogP contribution in [-0.2, 0) is 28.4 Å². The third-order valence-corrected chi connectivity index (χ3v) is 3.43. The van der Waals surface area contributed by atoms with E-state index in [0.717, 1.165) is 0 Å². The van der Waals surface area contributed by atoms with Crippen LogP contribution >= 0.6 is 0 Å². The summed E-state index contributed by atoms with van der Waals surface area (Å²) in [6, 6.07) is 0. The van der Waals surface area contributed by atoms with Gasteiger partial charge in [-0.05, 0) is 0 Å². The molecule has 0 aliphatic rings. The van der Waals surface area contributed by atoms with Gasteiger partial charge in [0.1, 0.15) is 4.90 Å². The van der Waals surface area contributed by atoms with Crippen molar-refractivity contribution in [3.05, 3.63) is 24.9 Å². The standard InChI is InChI=1S/C10H14N6O3S/c1-15-6-8(20(11,18)19)10(14-15)13-9(17)2-4-16-5-3-12-7-16/h3,5-7H,2,4H2,1H3,(H2,11,18,19)(H,13,14,17). The van der Waals surface area contributed by atoms with Crippen LogP contribution in [0.4, 0.5) is 5.82 Å². The molecule has 20 heavy (non-hydrogen) atoms. The molecule has 10 heteroatoms. The number of primary sulfonamides is 1. The fourth-order valence-electron chi connectivity index (χ4n) is 1.61. The fourth-order valence-corrected chi connectivity index (χ4v) is 2.27. The number of carbonyl (C=O) groups is 1. The Labute approximate surface area is 115 Å². The molecule has 0 unspecified atom stereocenters. The lowest BCUT2D eigenvalue weighted by Crippen LogP contribution is -2.18. The number of aromatic nitrogens is 4. The molecule has 2 aromatic rings. The molecule has 0 saturated carbocycles. The third kappa shape index (κ3) is 3.42. The molecular weight excluding hydrogens is 284 g/mol. The van der Waals surface area contributed by atoms with Gasteiger partial charge in [-0.3, -0.25) is 9.48 Å². The van der Waals surface area contributed by atoms with E-state index >= 15 is 0 Å². The van der Waals surface area contributed by atoms with Gasteiger partial charge in [-0.2, -0.15) is 5.10 Å². The number of amides is 1. The molecule has 0 bridgehead atoms. The van der Waals surface area contributed by atoms with Crippen molar-refractivity contribution in [2.45, 2.75) is 17.9 Å². The number of carbonyl (C=O) groups excluding carboxylic acids is 1. The van der Waals surface area contributed by atoms with E-state index in [9.17, 15) is 13.2 Å². The predicted octanol–water partition coefficient (Wildman–Crippen LogP) is -0.707. The first kappa shape index (κ1) is 14.2. The lowest BCUT2D eigenvalue weighted by molar-refractivity contribution is -0.116. The van der Waals surface area contributed by atoms with Gasteiger partial charge in [0.05, 0.1) is 6.33 Å². The molecule has 2 aromatic heterocycles. The molecule has 0 aromatic carbocycles. The molecule has 0 saturated heterocycles. The Morgan fingerprint density at radius 3 is 2.85 bits per heavy atom. The van der Waals surface area contributed by atoms with Crippen LogP contribution in [-0.4, -0.2) is 33.7 Å². The molecule has 0 radical (unpaired) electrons. The molecule has 1 amide bonds. The quantitative estimate of drug-likeness (QED) is 0.754. The van der Waals surface area contributed by atoms with Crippen molar-refractivity contribution in [1.29, 1.82) is 0 Å². The van der Waals surface area contributed by atoms with Gasteiger partial charge in [-0.15, -0.1) is 0 Å². The molecule has 3 N–H and O–H groups in total. The lowest BCUT2D eigenvalue weighted by Gasteiger charge is -2.04. The first-order valence-electron chi connectivity index (χ1n) is 5.68. The monoisotopic (exact) mass is 298 g/mol. The number of hydrogen-bond donors (Lipinski definition) is 2. The van der Waals surface area contributed by atoms with Crippen molar-refractivity contribution in [3.63, 3.8) is 0 Å². The van der Waals surface area contributed by atoms with Crippen LogP contribution in [0.25, 0.3) is 0 Å². The van der Waals surface area contributed by atoms with E-state index in [4.69, 9.17) is 5.14 Å². The van der Waals surface area contributed by atoms with Crippen LogP contribution in [0.5, 0.6) is 0 Å². The highest BCUT2D eigenvalue weighted by molar-refractivity contribution is 7.89. The number of nitrogens with two attached hydrogens (primary N) is 1. The molecule has 0 aliphatic heterocycles. The van der Waals surface area contributed by atoms with Crippen molar-refractivity contribution >= 4 is 21.7 Å². The second-order valence-electron chi connectivity index (χ2n) is 4.16. The first-order valence-corrected chi connectivity index (χ1v) is 7.23. The van der Waals surface area contributed by atoms with E-state index in [1.807, 2.05) is 0 Å². The molecule has 9 nitrogen and oxygen atoms in total. The number of nitrogens with one attached hydrogen (secondary N) is 1. The summed E-state index contributed by atoms with van der Waals surface area (Å²) in [6.07, 6.45) is 6.32. The van der Waals surface area contributed by atoms with Gasteiger partial charge in [-0.1, -0.05) is 0 Å². The lowest BCUT2D eigenvalue weighted by atomic mass is 10.4. The van der Waals surface area contributed by atoms with Gasteiger partial charge in [-0.25, -0.2) is 18.5 Å². The summed E-state index contributed by atoms with van der Waals surface area (Å²) in [5, 5.41) is 11.4. The van der Waals surface area contributed by atoms with E-state index in [-0.39, 0.29) is 23.0 Å². The highest BCUT2D eigenvalue weighted by Crippen LogP contribution is 2.17. The number of imidazole rings is 1. The SMILES string of the molecule is Cn1cc(S(N)(=O)=O)c(NC(=O)CCn2ccnc2)n1. The first-order chi connectivity index (χ1) is 9.36. The number of sulfonamides is 1. The van der Waals surface area contributed by atoms with Crippen LogP contribution in [0.1, 0.15) is 6.42 Å². The van der Waals surface area contributed by atoms with Crippen molar-refractivity contribution in [1.82, 2.24) is 19.3 Å². The Morgan fingerprint density at radius 2 is 2.25 bits per heavy atom. The maximum atomic E-state index is 11.8. The smallest absolute Gasteiger partial charge is 0.243 e. The van der Waals surface area contributed by atoms with Gasteiger partial charge in [0.25, 0.3) is 0 Å². The maximum Gasteiger partial charge on any atom is 0.243 e. The average Bonchev–Trinajstić information content (AvgIpc) is 2.95. The van der Waals surface area contributed by atoms with Crippen LogP contribution in [0, 0.1) is 0 Å².